The molecule has 2 heterocycles. The number of benzene rings is 1. The third-order valence-corrected chi connectivity index (χ3v) is 3.91. The summed E-state index contributed by atoms with van der Waals surface area (Å²) < 4.78 is 1.04. The van der Waals surface area contributed by atoms with Gasteiger partial charge in [0.15, 0.2) is 0 Å². The predicted molar refractivity (Wildman–Crippen MR) is 71.8 cm³/mol. The fourth-order valence-corrected chi connectivity index (χ4v) is 2.67. The Kier molecular flexibility index (Phi) is 2.69. The number of hydrogen-bond acceptors (Lipinski definition) is 3. The van der Waals surface area contributed by atoms with Crippen LogP contribution < -0.4 is 11.1 Å². The van der Waals surface area contributed by atoms with E-state index < -0.39 is 0 Å². The summed E-state index contributed by atoms with van der Waals surface area (Å²) in [5.41, 5.74) is 8.15. The van der Waals surface area contributed by atoms with Crippen LogP contribution >= 0.6 is 15.9 Å². The lowest BCUT2D eigenvalue weighted by Gasteiger charge is -2.31. The maximum atomic E-state index is 6.44. The van der Waals surface area contributed by atoms with Crippen molar-refractivity contribution >= 4 is 27.0 Å². The van der Waals surface area contributed by atoms with Crippen molar-refractivity contribution in [2.75, 3.05) is 13.1 Å². The summed E-state index contributed by atoms with van der Waals surface area (Å²) in [7, 11) is 0. The van der Waals surface area contributed by atoms with E-state index in [9.17, 15) is 0 Å². The minimum Gasteiger partial charge on any atom is -0.340 e. The second kappa shape index (κ2) is 4.08. The zero-order chi connectivity index (χ0) is 11.9. The van der Waals surface area contributed by atoms with Crippen LogP contribution in [0.5, 0.6) is 0 Å². The van der Waals surface area contributed by atoms with Gasteiger partial charge in [-0.3, -0.25) is 0 Å². The lowest BCUT2D eigenvalue weighted by molar-refractivity contribution is 0.304. The lowest BCUT2D eigenvalue weighted by atomic mass is 9.89. The zero-order valence-corrected chi connectivity index (χ0v) is 11.0. The first kappa shape index (κ1) is 11.2. The Morgan fingerprint density at radius 3 is 2.82 bits per heavy atom. The topological polar surface area (TPSA) is 66.7 Å². The van der Waals surface area contributed by atoms with Crippen LogP contribution in [0.2, 0.25) is 0 Å². The Morgan fingerprint density at radius 1 is 1.29 bits per heavy atom. The number of aromatic nitrogens is 2. The Hall–Kier alpha value is -0.910. The maximum absolute atomic E-state index is 6.44. The van der Waals surface area contributed by atoms with Gasteiger partial charge in [-0.25, -0.2) is 4.98 Å². The number of aromatic amines is 1. The summed E-state index contributed by atoms with van der Waals surface area (Å²) in [6, 6.07) is 6.05. The third kappa shape index (κ3) is 1.99. The van der Waals surface area contributed by atoms with E-state index in [1.54, 1.807) is 0 Å². The molecule has 1 aliphatic heterocycles. The van der Waals surface area contributed by atoms with Crippen molar-refractivity contribution < 1.29 is 0 Å². The number of nitrogens with one attached hydrogen (secondary N) is 2. The van der Waals surface area contributed by atoms with Crippen molar-refractivity contribution in [2.45, 2.75) is 18.4 Å². The summed E-state index contributed by atoms with van der Waals surface area (Å²) in [5.74, 6) is 0.909. The molecule has 1 fully saturated rings. The molecule has 0 bridgehead atoms. The highest BCUT2D eigenvalue weighted by Gasteiger charge is 2.32. The monoisotopic (exact) mass is 294 g/mol. The minimum atomic E-state index is -0.309. The molecule has 90 valence electrons. The first-order valence-electron chi connectivity index (χ1n) is 5.83. The molecule has 17 heavy (non-hydrogen) atoms. The van der Waals surface area contributed by atoms with Gasteiger partial charge in [-0.15, -0.1) is 0 Å². The zero-order valence-electron chi connectivity index (χ0n) is 9.46. The number of H-pyrrole nitrogens is 1. The molecule has 1 aliphatic rings. The van der Waals surface area contributed by atoms with Gasteiger partial charge in [-0.1, -0.05) is 15.9 Å². The highest BCUT2D eigenvalue weighted by atomic mass is 79.9. The maximum Gasteiger partial charge on any atom is 0.127 e. The van der Waals surface area contributed by atoms with Crippen molar-refractivity contribution in [3.8, 4) is 0 Å². The summed E-state index contributed by atoms with van der Waals surface area (Å²) in [6.07, 6.45) is 1.85. The molecule has 1 aromatic carbocycles. The molecule has 2 aromatic rings. The Morgan fingerprint density at radius 2 is 2.06 bits per heavy atom. The molecule has 0 amide bonds. The molecule has 0 spiro atoms. The van der Waals surface area contributed by atoms with E-state index in [2.05, 4.69) is 31.2 Å². The average molecular weight is 295 g/mol. The largest absolute Gasteiger partial charge is 0.340 e. The number of halogens is 1. The van der Waals surface area contributed by atoms with Gasteiger partial charge in [0.2, 0.25) is 0 Å². The van der Waals surface area contributed by atoms with Crippen LogP contribution in [0, 0.1) is 0 Å². The molecular weight excluding hydrogens is 280 g/mol. The third-order valence-electron chi connectivity index (χ3n) is 3.41. The Balaban J connectivity index is 2.05. The summed E-state index contributed by atoms with van der Waals surface area (Å²) in [4.78, 5) is 7.98. The van der Waals surface area contributed by atoms with Crippen molar-refractivity contribution in [3.63, 3.8) is 0 Å². The van der Waals surface area contributed by atoms with Crippen molar-refractivity contribution in [2.24, 2.45) is 5.73 Å². The highest BCUT2D eigenvalue weighted by Crippen LogP contribution is 2.28. The minimum absolute atomic E-state index is 0.309. The normalized spacial score (nSPS) is 19.6. The quantitative estimate of drug-likeness (QED) is 0.752. The van der Waals surface area contributed by atoms with Crippen LogP contribution in [-0.4, -0.2) is 23.1 Å². The van der Waals surface area contributed by atoms with Gasteiger partial charge >= 0.3 is 0 Å². The highest BCUT2D eigenvalue weighted by molar-refractivity contribution is 9.10. The van der Waals surface area contributed by atoms with Gasteiger partial charge in [0.25, 0.3) is 0 Å². The first-order chi connectivity index (χ1) is 8.17. The van der Waals surface area contributed by atoms with Gasteiger partial charge in [0, 0.05) is 4.47 Å². The molecule has 0 atom stereocenters. The molecule has 0 radical (unpaired) electrons. The number of hydrogen-bond donors (Lipinski definition) is 3. The van der Waals surface area contributed by atoms with E-state index in [0.717, 1.165) is 47.3 Å². The molecule has 3 rings (SSSR count). The number of imidazole rings is 1. The summed E-state index contributed by atoms with van der Waals surface area (Å²) in [6.45, 7) is 1.91. The number of rotatable bonds is 1. The number of piperidine rings is 1. The van der Waals surface area contributed by atoms with E-state index in [1.807, 2.05) is 18.2 Å². The molecule has 4 N–H and O–H groups in total. The van der Waals surface area contributed by atoms with Crippen molar-refractivity contribution in [3.05, 3.63) is 28.5 Å². The second-order valence-electron chi connectivity index (χ2n) is 4.65. The number of nitrogens with two attached hydrogens (primary N) is 1. The second-order valence-corrected chi connectivity index (χ2v) is 5.57. The summed E-state index contributed by atoms with van der Waals surface area (Å²) >= 11 is 3.46. The number of fused-ring (bicyclic) bond motifs is 1. The smallest absolute Gasteiger partial charge is 0.127 e. The average Bonchev–Trinajstić information content (AvgIpc) is 2.73. The fourth-order valence-electron chi connectivity index (χ4n) is 2.32. The predicted octanol–water partition coefficient (Wildman–Crippen LogP) is 1.86. The Labute approximate surface area is 108 Å². The molecule has 0 saturated carbocycles. The van der Waals surface area contributed by atoms with Crippen LogP contribution in [0.4, 0.5) is 0 Å². The molecular formula is C12H15BrN4. The van der Waals surface area contributed by atoms with Crippen LogP contribution in [0.15, 0.2) is 22.7 Å². The van der Waals surface area contributed by atoms with Crippen LogP contribution in [0.1, 0.15) is 18.7 Å². The SMILES string of the molecule is NC1(c2nc3cc(Br)ccc3[nH]2)CCNCC1. The first-order valence-corrected chi connectivity index (χ1v) is 6.62. The molecule has 1 aromatic heterocycles. The van der Waals surface area contributed by atoms with E-state index in [0.29, 0.717) is 0 Å². The number of nitrogens with zero attached hydrogens (tertiary/aromatic N) is 1. The van der Waals surface area contributed by atoms with Crippen LogP contribution in [0.25, 0.3) is 11.0 Å². The summed E-state index contributed by atoms with van der Waals surface area (Å²) in [5, 5.41) is 3.32. The van der Waals surface area contributed by atoms with Gasteiger partial charge in [-0.2, -0.15) is 0 Å². The molecule has 0 unspecified atom stereocenters. The standard InChI is InChI=1S/C12H15BrN4/c13-8-1-2-9-10(7-8)17-11(16-9)12(14)3-5-15-6-4-12/h1-2,7,15H,3-6,14H2,(H,16,17). The molecule has 4 nitrogen and oxygen atoms in total. The Bertz CT molecular complexity index is 542. The molecule has 1 saturated heterocycles. The van der Waals surface area contributed by atoms with Gasteiger partial charge in [-0.05, 0) is 44.1 Å². The van der Waals surface area contributed by atoms with Crippen molar-refractivity contribution in [1.29, 1.82) is 0 Å². The van der Waals surface area contributed by atoms with Gasteiger partial charge in [0.05, 0.1) is 16.6 Å². The van der Waals surface area contributed by atoms with E-state index in [1.165, 1.54) is 0 Å². The molecule has 0 aliphatic carbocycles. The van der Waals surface area contributed by atoms with E-state index >= 15 is 0 Å². The van der Waals surface area contributed by atoms with Gasteiger partial charge < -0.3 is 16.0 Å². The lowest BCUT2D eigenvalue weighted by Crippen LogP contribution is -2.47. The fraction of sp³-hybridized carbons (Fsp3) is 0.417. The van der Waals surface area contributed by atoms with E-state index in [4.69, 9.17) is 5.73 Å². The van der Waals surface area contributed by atoms with Gasteiger partial charge in [0.1, 0.15) is 5.82 Å². The molecule has 5 heteroatoms. The van der Waals surface area contributed by atoms with Crippen LogP contribution in [0.3, 0.4) is 0 Å². The van der Waals surface area contributed by atoms with Crippen molar-refractivity contribution in [1.82, 2.24) is 15.3 Å². The van der Waals surface area contributed by atoms with E-state index in [-0.39, 0.29) is 5.54 Å². The van der Waals surface area contributed by atoms with Crippen LogP contribution in [-0.2, 0) is 5.54 Å².